The fourth-order valence-electron chi connectivity index (χ4n) is 2.25. The third kappa shape index (κ3) is 3.07. The summed E-state index contributed by atoms with van der Waals surface area (Å²) in [4.78, 5) is 24.4. The first-order valence-corrected chi connectivity index (χ1v) is 6.37. The maximum Gasteiger partial charge on any atom is 0.338 e. The molecule has 1 aliphatic heterocycles. The van der Waals surface area contributed by atoms with Gasteiger partial charge >= 0.3 is 12.0 Å². The number of aromatic carboxylic acids is 1. The zero-order chi connectivity index (χ0) is 14.9. The Hall–Kier alpha value is -2.11. The van der Waals surface area contributed by atoms with Crippen molar-refractivity contribution in [1.82, 2.24) is 4.90 Å². The average molecular weight is 280 g/mol. The zero-order valence-corrected chi connectivity index (χ0v) is 11.4. The van der Waals surface area contributed by atoms with Crippen LogP contribution >= 0.6 is 0 Å². The summed E-state index contributed by atoms with van der Waals surface area (Å²) in [6.45, 7) is 5.48. The fourth-order valence-corrected chi connectivity index (χ4v) is 2.25. The molecule has 0 aliphatic carbocycles. The first-order chi connectivity index (χ1) is 9.28. The van der Waals surface area contributed by atoms with Gasteiger partial charge in [-0.1, -0.05) is 13.8 Å². The van der Waals surface area contributed by atoms with Crippen LogP contribution in [0.25, 0.3) is 0 Å². The monoisotopic (exact) mass is 280 g/mol. The Kier molecular flexibility index (Phi) is 3.65. The highest BCUT2D eigenvalue weighted by Crippen LogP contribution is 2.29. The van der Waals surface area contributed by atoms with Crippen LogP contribution in [0.1, 0.15) is 30.6 Å². The van der Waals surface area contributed by atoms with Gasteiger partial charge in [-0.2, -0.15) is 0 Å². The summed E-state index contributed by atoms with van der Waals surface area (Å²) in [6.07, 6.45) is 0.923. The van der Waals surface area contributed by atoms with Crippen molar-refractivity contribution >= 4 is 17.7 Å². The van der Waals surface area contributed by atoms with Gasteiger partial charge in [0.2, 0.25) is 0 Å². The van der Waals surface area contributed by atoms with Crippen molar-refractivity contribution < 1.29 is 19.1 Å². The highest BCUT2D eigenvalue weighted by Gasteiger charge is 2.32. The number of nitrogens with zero attached hydrogens (tertiary/aromatic N) is 1. The second kappa shape index (κ2) is 5.11. The van der Waals surface area contributed by atoms with Crippen molar-refractivity contribution in [3.8, 4) is 0 Å². The van der Waals surface area contributed by atoms with Crippen molar-refractivity contribution in [2.45, 2.75) is 20.3 Å². The largest absolute Gasteiger partial charge is 0.478 e. The van der Waals surface area contributed by atoms with Crippen LogP contribution in [-0.4, -0.2) is 35.1 Å². The van der Waals surface area contributed by atoms with Gasteiger partial charge in [-0.25, -0.2) is 14.0 Å². The van der Waals surface area contributed by atoms with E-state index in [1.165, 1.54) is 6.07 Å². The molecule has 0 unspecified atom stereocenters. The summed E-state index contributed by atoms with van der Waals surface area (Å²) in [7, 11) is 0. The number of carbonyl (C=O) groups excluding carboxylic acids is 1. The minimum Gasteiger partial charge on any atom is -0.478 e. The SMILES string of the molecule is CC1(C)CCN(C(=O)Nc2ccc(C(=O)O)c(F)c2)C1. The van der Waals surface area contributed by atoms with Crippen molar-refractivity contribution in [2.75, 3.05) is 18.4 Å². The van der Waals surface area contributed by atoms with E-state index in [1.807, 2.05) is 0 Å². The third-order valence-corrected chi connectivity index (χ3v) is 3.42. The molecule has 1 aliphatic rings. The van der Waals surface area contributed by atoms with Gasteiger partial charge in [0.1, 0.15) is 5.82 Å². The predicted octanol–water partition coefficient (Wildman–Crippen LogP) is 2.79. The molecule has 2 N–H and O–H groups in total. The Morgan fingerprint density at radius 1 is 1.40 bits per heavy atom. The summed E-state index contributed by atoms with van der Waals surface area (Å²) in [5, 5.41) is 11.3. The molecular formula is C14H17FN2O3. The molecule has 0 spiro atoms. The second-order valence-corrected chi connectivity index (χ2v) is 5.77. The number of amides is 2. The number of hydrogen-bond donors (Lipinski definition) is 2. The van der Waals surface area contributed by atoms with Crippen molar-refractivity contribution in [3.05, 3.63) is 29.6 Å². The smallest absolute Gasteiger partial charge is 0.338 e. The Morgan fingerprint density at radius 2 is 2.10 bits per heavy atom. The van der Waals surface area contributed by atoms with E-state index < -0.39 is 17.3 Å². The number of halogens is 1. The molecule has 2 rings (SSSR count). The van der Waals surface area contributed by atoms with Gasteiger partial charge in [0.25, 0.3) is 0 Å². The molecule has 1 aromatic rings. The van der Waals surface area contributed by atoms with E-state index in [1.54, 1.807) is 4.90 Å². The molecule has 0 saturated carbocycles. The fraction of sp³-hybridized carbons (Fsp3) is 0.429. The average Bonchev–Trinajstić information content (AvgIpc) is 2.69. The molecule has 1 aromatic carbocycles. The van der Waals surface area contributed by atoms with Crippen LogP contribution in [0.3, 0.4) is 0 Å². The summed E-state index contributed by atoms with van der Waals surface area (Å²) in [6, 6.07) is 3.24. The molecular weight excluding hydrogens is 263 g/mol. The summed E-state index contributed by atoms with van der Waals surface area (Å²) in [5.41, 5.74) is -0.0667. The van der Waals surface area contributed by atoms with Gasteiger partial charge in [-0.15, -0.1) is 0 Å². The van der Waals surface area contributed by atoms with E-state index in [0.717, 1.165) is 18.6 Å². The van der Waals surface area contributed by atoms with Gasteiger partial charge in [-0.05, 0) is 30.0 Å². The molecule has 2 amide bonds. The van der Waals surface area contributed by atoms with Crippen molar-refractivity contribution in [1.29, 1.82) is 0 Å². The Balaban J connectivity index is 2.05. The van der Waals surface area contributed by atoms with E-state index in [4.69, 9.17) is 5.11 Å². The zero-order valence-electron chi connectivity index (χ0n) is 11.4. The lowest BCUT2D eigenvalue weighted by Gasteiger charge is -2.20. The van der Waals surface area contributed by atoms with E-state index >= 15 is 0 Å². The summed E-state index contributed by atoms with van der Waals surface area (Å²) < 4.78 is 13.5. The highest BCUT2D eigenvalue weighted by atomic mass is 19.1. The van der Waals surface area contributed by atoms with Gasteiger partial charge in [0, 0.05) is 18.8 Å². The molecule has 6 heteroatoms. The lowest BCUT2D eigenvalue weighted by atomic mass is 9.93. The quantitative estimate of drug-likeness (QED) is 0.875. The summed E-state index contributed by atoms with van der Waals surface area (Å²) >= 11 is 0. The normalized spacial score (nSPS) is 17.1. The third-order valence-electron chi connectivity index (χ3n) is 3.42. The van der Waals surface area contributed by atoms with Crippen molar-refractivity contribution in [2.24, 2.45) is 5.41 Å². The number of rotatable bonds is 2. The maximum atomic E-state index is 13.5. The van der Waals surface area contributed by atoms with E-state index in [2.05, 4.69) is 19.2 Å². The first-order valence-electron chi connectivity index (χ1n) is 6.37. The van der Waals surface area contributed by atoms with Crippen LogP contribution in [-0.2, 0) is 0 Å². The first kappa shape index (κ1) is 14.3. The Labute approximate surface area is 116 Å². The van der Waals surface area contributed by atoms with E-state index in [-0.39, 0.29) is 17.1 Å². The molecule has 0 radical (unpaired) electrons. The number of anilines is 1. The highest BCUT2D eigenvalue weighted by molar-refractivity contribution is 5.92. The molecule has 108 valence electrons. The van der Waals surface area contributed by atoms with Gasteiger partial charge in [-0.3, -0.25) is 0 Å². The summed E-state index contributed by atoms with van der Waals surface area (Å²) in [5.74, 6) is -2.20. The number of benzene rings is 1. The molecule has 0 bridgehead atoms. The van der Waals surface area contributed by atoms with Gasteiger partial charge in [0.05, 0.1) is 5.56 Å². The molecule has 1 saturated heterocycles. The Bertz CT molecular complexity index is 557. The minimum atomic E-state index is -1.33. The number of urea groups is 1. The number of hydrogen-bond acceptors (Lipinski definition) is 2. The minimum absolute atomic E-state index is 0.0930. The van der Waals surface area contributed by atoms with Crippen LogP contribution in [0.2, 0.25) is 0 Å². The number of nitrogens with one attached hydrogen (secondary N) is 1. The van der Waals surface area contributed by atoms with Crippen molar-refractivity contribution in [3.63, 3.8) is 0 Å². The lowest BCUT2D eigenvalue weighted by Crippen LogP contribution is -2.34. The number of likely N-dealkylation sites (tertiary alicyclic amines) is 1. The molecule has 1 heterocycles. The molecule has 0 aromatic heterocycles. The van der Waals surface area contributed by atoms with E-state index in [0.29, 0.717) is 13.1 Å². The standard InChI is InChI=1S/C14H17FN2O3/c1-14(2)5-6-17(8-14)13(20)16-9-3-4-10(12(18)19)11(15)7-9/h3-4,7H,5-6,8H2,1-2H3,(H,16,20)(H,18,19). The number of carbonyl (C=O) groups is 2. The second-order valence-electron chi connectivity index (χ2n) is 5.77. The lowest BCUT2D eigenvalue weighted by molar-refractivity contribution is 0.0692. The predicted molar refractivity (Wildman–Crippen MR) is 72.3 cm³/mol. The van der Waals surface area contributed by atoms with Crippen LogP contribution in [0, 0.1) is 11.2 Å². The van der Waals surface area contributed by atoms with Gasteiger partial charge < -0.3 is 15.3 Å². The van der Waals surface area contributed by atoms with Gasteiger partial charge in [0.15, 0.2) is 0 Å². The molecule has 1 fully saturated rings. The maximum absolute atomic E-state index is 13.5. The van der Waals surface area contributed by atoms with Crippen LogP contribution in [0.4, 0.5) is 14.9 Å². The molecule has 0 atom stereocenters. The molecule has 20 heavy (non-hydrogen) atoms. The topological polar surface area (TPSA) is 69.6 Å². The molecule has 5 nitrogen and oxygen atoms in total. The number of carboxylic acids is 1. The van der Waals surface area contributed by atoms with E-state index in [9.17, 15) is 14.0 Å². The number of carboxylic acid groups (broad SMARTS) is 1. The van der Waals surface area contributed by atoms with Crippen LogP contribution < -0.4 is 5.32 Å². The van der Waals surface area contributed by atoms with Crippen LogP contribution in [0.15, 0.2) is 18.2 Å². The van der Waals surface area contributed by atoms with Crippen LogP contribution in [0.5, 0.6) is 0 Å². The Morgan fingerprint density at radius 3 is 2.60 bits per heavy atom.